The summed E-state index contributed by atoms with van der Waals surface area (Å²) >= 11 is 0. The van der Waals surface area contributed by atoms with Crippen LogP contribution in [0.25, 0.3) is 0 Å². The Hall–Kier alpha value is -0.960. The predicted molar refractivity (Wildman–Crippen MR) is 43.9 cm³/mol. The van der Waals surface area contributed by atoms with Gasteiger partial charge in [-0.2, -0.15) is 52.7 Å². The van der Waals surface area contributed by atoms with Crippen molar-refractivity contribution < 1.29 is 52.7 Å². The summed E-state index contributed by atoms with van der Waals surface area (Å²) in [6.45, 7) is 0. The summed E-state index contributed by atoms with van der Waals surface area (Å²) < 4.78 is 154. The molecule has 0 amide bonds. The standard InChI is InChI=1S/C7H5F12N3/c8-1(9)2(10,11)4(20,6(14,15)16)22-5(21,3(1,12)13)7(17,18)19/h22H,20-21H2/t4-,5-/m1/s1. The smallest absolute Gasteiger partial charge is 0.300 e. The van der Waals surface area contributed by atoms with Crippen LogP contribution in [0.2, 0.25) is 0 Å². The van der Waals surface area contributed by atoms with E-state index in [0.29, 0.717) is 0 Å². The monoisotopic (exact) mass is 359 g/mol. The summed E-state index contributed by atoms with van der Waals surface area (Å²) in [6.07, 6.45) is -13.4. The maximum Gasteiger partial charge on any atom is 0.426 e. The van der Waals surface area contributed by atoms with Crippen molar-refractivity contribution in [3.8, 4) is 0 Å². The second kappa shape index (κ2) is 4.11. The summed E-state index contributed by atoms with van der Waals surface area (Å²) in [5.74, 6) is -20.9. The van der Waals surface area contributed by atoms with Crippen LogP contribution in [0.15, 0.2) is 0 Å². The summed E-state index contributed by atoms with van der Waals surface area (Å²) in [4.78, 5) is 0. The van der Waals surface area contributed by atoms with Crippen molar-refractivity contribution in [2.75, 3.05) is 0 Å². The molecular formula is C7H5F12N3. The van der Waals surface area contributed by atoms with Gasteiger partial charge >= 0.3 is 30.1 Å². The molecule has 0 spiro atoms. The van der Waals surface area contributed by atoms with E-state index in [2.05, 4.69) is 11.5 Å². The lowest BCUT2D eigenvalue weighted by atomic mass is 9.79. The average Bonchev–Trinajstić information content (AvgIpc) is 2.23. The largest absolute Gasteiger partial charge is 0.426 e. The van der Waals surface area contributed by atoms with Crippen molar-refractivity contribution in [2.24, 2.45) is 11.5 Å². The Bertz CT molecular complexity index is 426. The molecule has 22 heavy (non-hydrogen) atoms. The third kappa shape index (κ3) is 1.78. The molecule has 2 atom stereocenters. The molecule has 0 bridgehead atoms. The molecule has 0 aromatic carbocycles. The summed E-state index contributed by atoms with van der Waals surface area (Å²) in [5.41, 5.74) is -3.92. The molecule has 1 heterocycles. The van der Waals surface area contributed by atoms with Crippen LogP contribution in [0.5, 0.6) is 0 Å². The minimum Gasteiger partial charge on any atom is -0.300 e. The van der Waals surface area contributed by atoms with E-state index in [4.69, 9.17) is 0 Å². The number of rotatable bonds is 0. The Morgan fingerprint density at radius 3 is 0.955 bits per heavy atom. The SMILES string of the molecule is N[C@@]1(C(F)(F)F)N[C@@](N)(C(F)(F)F)C(F)(F)C(F)(F)C1(F)F. The van der Waals surface area contributed by atoms with Gasteiger partial charge in [-0.3, -0.25) is 5.32 Å². The number of nitrogens with one attached hydrogen (secondary N) is 1. The van der Waals surface area contributed by atoms with Crippen LogP contribution >= 0.6 is 0 Å². The lowest BCUT2D eigenvalue weighted by molar-refractivity contribution is -0.439. The van der Waals surface area contributed by atoms with E-state index < -0.39 is 46.8 Å². The average molecular weight is 359 g/mol. The lowest BCUT2D eigenvalue weighted by Crippen LogP contribution is -2.96. The molecule has 15 heteroatoms. The molecule has 1 aliphatic heterocycles. The van der Waals surface area contributed by atoms with Crippen LogP contribution in [0.1, 0.15) is 0 Å². The number of nitrogens with two attached hydrogens (primary N) is 2. The zero-order chi connectivity index (χ0) is 18.2. The van der Waals surface area contributed by atoms with Crippen LogP contribution in [-0.4, -0.2) is 41.4 Å². The minimum absolute atomic E-state index is 0.452. The van der Waals surface area contributed by atoms with Gasteiger partial charge in [-0.1, -0.05) is 0 Å². The second-order valence-corrected chi connectivity index (χ2v) is 4.46. The Kier molecular flexibility index (Phi) is 3.57. The number of piperidine rings is 1. The van der Waals surface area contributed by atoms with Gasteiger partial charge in [0.2, 0.25) is 11.3 Å². The quantitative estimate of drug-likeness (QED) is 0.580. The molecule has 132 valence electrons. The predicted octanol–water partition coefficient (Wildman–Crippen LogP) is 1.93. The van der Waals surface area contributed by atoms with Gasteiger partial charge in [-0.15, -0.1) is 0 Å². The molecule has 1 rings (SSSR count). The van der Waals surface area contributed by atoms with E-state index in [-0.39, 0.29) is 0 Å². The highest BCUT2D eigenvalue weighted by Gasteiger charge is 2.95. The van der Waals surface area contributed by atoms with Crippen molar-refractivity contribution >= 4 is 0 Å². The number of hydrogen-bond donors (Lipinski definition) is 3. The first-order chi connectivity index (χ1) is 9.21. The zero-order valence-corrected chi connectivity index (χ0v) is 9.69. The van der Waals surface area contributed by atoms with Crippen LogP contribution < -0.4 is 16.8 Å². The number of halogens is 12. The molecule has 0 unspecified atom stereocenters. The molecule has 0 aromatic heterocycles. The van der Waals surface area contributed by atoms with Gasteiger partial charge in [0.25, 0.3) is 0 Å². The van der Waals surface area contributed by atoms with Crippen LogP contribution in [-0.2, 0) is 0 Å². The van der Waals surface area contributed by atoms with Gasteiger partial charge in [-0.25, -0.2) is 0 Å². The van der Waals surface area contributed by atoms with Crippen LogP contribution in [0.4, 0.5) is 52.7 Å². The summed E-state index contributed by atoms with van der Waals surface area (Å²) in [6, 6.07) is 0. The van der Waals surface area contributed by atoms with Gasteiger partial charge in [0.15, 0.2) is 0 Å². The fourth-order valence-electron chi connectivity index (χ4n) is 1.66. The molecule has 5 N–H and O–H groups in total. The van der Waals surface area contributed by atoms with Crippen molar-refractivity contribution in [3.05, 3.63) is 0 Å². The van der Waals surface area contributed by atoms with Crippen LogP contribution in [0, 0.1) is 0 Å². The van der Waals surface area contributed by atoms with E-state index >= 15 is 0 Å². The van der Waals surface area contributed by atoms with Crippen molar-refractivity contribution in [2.45, 2.75) is 41.4 Å². The van der Waals surface area contributed by atoms with Gasteiger partial charge in [0.1, 0.15) is 0 Å². The molecule has 0 saturated carbocycles. The van der Waals surface area contributed by atoms with E-state index in [9.17, 15) is 52.7 Å². The molecule has 1 saturated heterocycles. The number of alkyl halides is 12. The highest BCUT2D eigenvalue weighted by molar-refractivity contribution is 5.25. The van der Waals surface area contributed by atoms with E-state index in [1.807, 2.05) is 0 Å². The molecule has 0 aliphatic carbocycles. The highest BCUT2D eigenvalue weighted by atomic mass is 19.4. The minimum atomic E-state index is -7.17. The van der Waals surface area contributed by atoms with Gasteiger partial charge < -0.3 is 11.5 Å². The topological polar surface area (TPSA) is 64.1 Å². The number of hydrogen-bond acceptors (Lipinski definition) is 3. The molecule has 0 aromatic rings. The van der Waals surface area contributed by atoms with Gasteiger partial charge in [0, 0.05) is 0 Å². The summed E-state index contributed by atoms with van der Waals surface area (Å²) in [5, 5.41) is -0.452. The molecule has 0 radical (unpaired) electrons. The lowest BCUT2D eigenvalue weighted by Gasteiger charge is -2.55. The Labute approximate surface area is 112 Å². The molecular weight excluding hydrogens is 354 g/mol. The van der Waals surface area contributed by atoms with Crippen molar-refractivity contribution in [1.82, 2.24) is 5.32 Å². The van der Waals surface area contributed by atoms with Gasteiger partial charge in [-0.05, 0) is 0 Å². The fourth-order valence-corrected chi connectivity index (χ4v) is 1.66. The molecule has 3 nitrogen and oxygen atoms in total. The zero-order valence-electron chi connectivity index (χ0n) is 9.69. The first-order valence-electron chi connectivity index (χ1n) is 4.85. The third-order valence-electron chi connectivity index (χ3n) is 3.07. The Morgan fingerprint density at radius 2 is 0.773 bits per heavy atom. The Morgan fingerprint density at radius 1 is 0.545 bits per heavy atom. The van der Waals surface area contributed by atoms with E-state index in [1.165, 1.54) is 0 Å². The normalized spacial score (nSPS) is 37.9. The van der Waals surface area contributed by atoms with Gasteiger partial charge in [0.05, 0.1) is 0 Å². The molecule has 1 fully saturated rings. The van der Waals surface area contributed by atoms with E-state index in [1.54, 1.807) is 0 Å². The molecule has 1 aliphatic rings. The first-order valence-corrected chi connectivity index (χ1v) is 4.85. The Balaban J connectivity index is 3.79. The van der Waals surface area contributed by atoms with E-state index in [0.717, 1.165) is 0 Å². The maximum atomic E-state index is 13.2. The third-order valence-corrected chi connectivity index (χ3v) is 3.07. The maximum absolute atomic E-state index is 13.2. The summed E-state index contributed by atoms with van der Waals surface area (Å²) in [7, 11) is 0. The van der Waals surface area contributed by atoms with Crippen molar-refractivity contribution in [3.63, 3.8) is 0 Å². The fraction of sp³-hybridized carbons (Fsp3) is 1.00. The van der Waals surface area contributed by atoms with Crippen molar-refractivity contribution in [1.29, 1.82) is 0 Å². The highest BCUT2D eigenvalue weighted by Crippen LogP contribution is 2.61. The van der Waals surface area contributed by atoms with Crippen LogP contribution in [0.3, 0.4) is 0 Å². The second-order valence-electron chi connectivity index (χ2n) is 4.46. The first kappa shape index (κ1) is 19.1.